The van der Waals surface area contributed by atoms with Gasteiger partial charge in [-0.05, 0) is 13.1 Å². The number of hydrogen-bond donors (Lipinski definition) is 1. The Balaban J connectivity index is 2.65. The third-order valence-electron chi connectivity index (χ3n) is 2.57. The molecule has 1 heterocycles. The predicted octanol–water partition coefficient (Wildman–Crippen LogP) is 0.235. The van der Waals surface area contributed by atoms with Crippen molar-refractivity contribution < 1.29 is 19.1 Å². The van der Waals surface area contributed by atoms with Gasteiger partial charge in [0.25, 0.3) is 0 Å². The molecular formula is C10H17NO4. The lowest BCUT2D eigenvalue weighted by molar-refractivity contribution is -0.166. The number of hydrogen-bond acceptors (Lipinski definition) is 5. The van der Waals surface area contributed by atoms with Crippen molar-refractivity contribution in [3.05, 3.63) is 0 Å². The summed E-state index contributed by atoms with van der Waals surface area (Å²) < 4.78 is 9.88. The SMILES string of the molecule is COC(=O)CC1(OC(C)=O)CCNCC1. The zero-order valence-electron chi connectivity index (χ0n) is 9.17. The number of ether oxygens (including phenoxy) is 2. The molecule has 0 amide bonds. The van der Waals surface area contributed by atoms with Gasteiger partial charge in [0.05, 0.1) is 13.5 Å². The van der Waals surface area contributed by atoms with Crippen molar-refractivity contribution in [2.75, 3.05) is 20.2 Å². The number of carbonyl (C=O) groups is 2. The van der Waals surface area contributed by atoms with Gasteiger partial charge in [0.2, 0.25) is 0 Å². The van der Waals surface area contributed by atoms with Gasteiger partial charge in [-0.1, -0.05) is 0 Å². The summed E-state index contributed by atoms with van der Waals surface area (Å²) in [5.74, 6) is -0.682. The lowest BCUT2D eigenvalue weighted by atomic mass is 9.88. The number of esters is 2. The van der Waals surface area contributed by atoms with Gasteiger partial charge in [0.1, 0.15) is 5.60 Å². The third-order valence-corrected chi connectivity index (χ3v) is 2.57. The molecule has 0 saturated carbocycles. The van der Waals surface area contributed by atoms with E-state index in [4.69, 9.17) is 4.74 Å². The summed E-state index contributed by atoms with van der Waals surface area (Å²) in [5.41, 5.74) is -0.663. The molecule has 86 valence electrons. The van der Waals surface area contributed by atoms with Crippen molar-refractivity contribution in [3.8, 4) is 0 Å². The van der Waals surface area contributed by atoms with Crippen LogP contribution in [0.2, 0.25) is 0 Å². The Labute approximate surface area is 89.1 Å². The van der Waals surface area contributed by atoms with Gasteiger partial charge in [-0.15, -0.1) is 0 Å². The summed E-state index contributed by atoms with van der Waals surface area (Å²) in [4.78, 5) is 22.2. The number of methoxy groups -OCH3 is 1. The van der Waals surface area contributed by atoms with Crippen LogP contribution in [0.1, 0.15) is 26.2 Å². The maximum atomic E-state index is 11.2. The highest BCUT2D eigenvalue weighted by molar-refractivity contribution is 5.72. The Kier molecular flexibility index (Phi) is 4.08. The van der Waals surface area contributed by atoms with Crippen molar-refractivity contribution in [2.24, 2.45) is 0 Å². The van der Waals surface area contributed by atoms with E-state index in [1.165, 1.54) is 14.0 Å². The minimum atomic E-state index is -0.663. The van der Waals surface area contributed by atoms with E-state index in [-0.39, 0.29) is 18.4 Å². The molecule has 15 heavy (non-hydrogen) atoms. The van der Waals surface area contributed by atoms with Crippen molar-refractivity contribution in [1.82, 2.24) is 5.32 Å². The molecule has 0 atom stereocenters. The van der Waals surface area contributed by atoms with Crippen LogP contribution in [0.5, 0.6) is 0 Å². The molecule has 5 nitrogen and oxygen atoms in total. The van der Waals surface area contributed by atoms with Crippen molar-refractivity contribution in [2.45, 2.75) is 31.8 Å². The highest BCUT2D eigenvalue weighted by atomic mass is 16.6. The van der Waals surface area contributed by atoms with Crippen molar-refractivity contribution >= 4 is 11.9 Å². The molecule has 0 unspecified atom stereocenters. The monoisotopic (exact) mass is 215 g/mol. The quantitative estimate of drug-likeness (QED) is 0.683. The van der Waals surface area contributed by atoms with Crippen molar-refractivity contribution in [1.29, 1.82) is 0 Å². The molecule has 0 aromatic rings. The van der Waals surface area contributed by atoms with Gasteiger partial charge >= 0.3 is 11.9 Å². The molecule has 0 aliphatic carbocycles. The summed E-state index contributed by atoms with van der Waals surface area (Å²) >= 11 is 0. The van der Waals surface area contributed by atoms with Crippen LogP contribution < -0.4 is 5.32 Å². The molecule has 5 heteroatoms. The summed E-state index contributed by atoms with van der Waals surface area (Å²) in [6, 6.07) is 0. The Hall–Kier alpha value is -1.10. The Morgan fingerprint density at radius 3 is 2.40 bits per heavy atom. The number of carbonyl (C=O) groups excluding carboxylic acids is 2. The van der Waals surface area contributed by atoms with Gasteiger partial charge in [-0.2, -0.15) is 0 Å². The van der Waals surface area contributed by atoms with Gasteiger partial charge in [0.15, 0.2) is 0 Å². The summed E-state index contributed by atoms with van der Waals surface area (Å²) in [6.45, 7) is 2.87. The normalized spacial score (nSPS) is 19.3. The fraction of sp³-hybridized carbons (Fsp3) is 0.800. The maximum Gasteiger partial charge on any atom is 0.309 e. The molecule has 0 spiro atoms. The second-order valence-electron chi connectivity index (χ2n) is 3.78. The molecule has 1 fully saturated rings. The Morgan fingerprint density at radius 2 is 1.93 bits per heavy atom. The van der Waals surface area contributed by atoms with Crippen LogP contribution in [0.3, 0.4) is 0 Å². The van der Waals surface area contributed by atoms with E-state index in [0.717, 1.165) is 13.1 Å². The second-order valence-corrected chi connectivity index (χ2v) is 3.78. The van der Waals surface area contributed by atoms with Crippen LogP contribution in [-0.2, 0) is 19.1 Å². The molecule has 1 aliphatic rings. The number of rotatable bonds is 3. The van der Waals surface area contributed by atoms with Gasteiger partial charge in [0, 0.05) is 19.8 Å². The molecule has 0 bridgehead atoms. The highest BCUT2D eigenvalue weighted by Crippen LogP contribution is 2.27. The maximum absolute atomic E-state index is 11.2. The van der Waals surface area contributed by atoms with E-state index in [9.17, 15) is 9.59 Å². The summed E-state index contributed by atoms with van der Waals surface area (Å²) in [6.07, 6.45) is 1.45. The second kappa shape index (κ2) is 5.11. The smallest absolute Gasteiger partial charge is 0.309 e. The first-order chi connectivity index (χ1) is 7.08. The Bertz CT molecular complexity index is 246. The standard InChI is InChI=1S/C10H17NO4/c1-8(12)15-10(7-9(13)14-2)3-5-11-6-4-10/h11H,3-7H2,1-2H3. The largest absolute Gasteiger partial charge is 0.469 e. The van der Waals surface area contributed by atoms with Crippen LogP contribution in [0.4, 0.5) is 0 Å². The van der Waals surface area contributed by atoms with E-state index < -0.39 is 5.60 Å². The molecule has 0 radical (unpaired) electrons. The molecular weight excluding hydrogens is 198 g/mol. The van der Waals surface area contributed by atoms with Crippen LogP contribution in [0.15, 0.2) is 0 Å². The number of nitrogens with one attached hydrogen (secondary N) is 1. The van der Waals surface area contributed by atoms with E-state index >= 15 is 0 Å². The molecule has 1 saturated heterocycles. The van der Waals surface area contributed by atoms with Crippen LogP contribution in [0.25, 0.3) is 0 Å². The zero-order chi connectivity index (χ0) is 11.3. The molecule has 0 aromatic carbocycles. The first-order valence-electron chi connectivity index (χ1n) is 5.05. The van der Waals surface area contributed by atoms with Gasteiger partial charge < -0.3 is 14.8 Å². The first kappa shape index (κ1) is 12.0. The summed E-state index contributed by atoms with van der Waals surface area (Å²) in [5, 5.41) is 3.16. The minimum absolute atomic E-state index is 0.144. The molecule has 0 aromatic heterocycles. The van der Waals surface area contributed by atoms with E-state index in [2.05, 4.69) is 10.1 Å². The highest BCUT2D eigenvalue weighted by Gasteiger charge is 2.37. The minimum Gasteiger partial charge on any atom is -0.469 e. The van der Waals surface area contributed by atoms with E-state index in [0.29, 0.717) is 12.8 Å². The summed E-state index contributed by atoms with van der Waals surface area (Å²) in [7, 11) is 1.34. The van der Waals surface area contributed by atoms with Crippen molar-refractivity contribution in [3.63, 3.8) is 0 Å². The number of piperidine rings is 1. The molecule has 1 N–H and O–H groups in total. The van der Waals surface area contributed by atoms with Crippen LogP contribution >= 0.6 is 0 Å². The fourth-order valence-electron chi connectivity index (χ4n) is 1.84. The predicted molar refractivity (Wildman–Crippen MR) is 53.2 cm³/mol. The average Bonchev–Trinajstić information content (AvgIpc) is 2.17. The van der Waals surface area contributed by atoms with Crippen LogP contribution in [0, 0.1) is 0 Å². The lowest BCUT2D eigenvalue weighted by Crippen LogP contribution is -2.46. The topological polar surface area (TPSA) is 64.6 Å². The van der Waals surface area contributed by atoms with Crippen LogP contribution in [-0.4, -0.2) is 37.7 Å². The molecule has 1 aliphatic heterocycles. The average molecular weight is 215 g/mol. The lowest BCUT2D eigenvalue weighted by Gasteiger charge is -2.35. The molecule has 1 rings (SSSR count). The third kappa shape index (κ3) is 3.51. The van der Waals surface area contributed by atoms with Gasteiger partial charge in [-0.25, -0.2) is 0 Å². The zero-order valence-corrected chi connectivity index (χ0v) is 9.17. The van der Waals surface area contributed by atoms with E-state index in [1.807, 2.05) is 0 Å². The van der Waals surface area contributed by atoms with E-state index in [1.54, 1.807) is 0 Å². The fourth-order valence-corrected chi connectivity index (χ4v) is 1.84. The van der Waals surface area contributed by atoms with Gasteiger partial charge in [-0.3, -0.25) is 9.59 Å². The first-order valence-corrected chi connectivity index (χ1v) is 5.05. The Morgan fingerprint density at radius 1 is 1.33 bits per heavy atom.